The van der Waals surface area contributed by atoms with E-state index in [1.54, 1.807) is 54.9 Å². The van der Waals surface area contributed by atoms with Gasteiger partial charge in [-0.25, -0.2) is 9.59 Å². The molecule has 2 aromatic heterocycles. The number of aromatic nitrogens is 2. The SMILES string of the molecule is O=C(Oc1cccc(OC(=O)c2cccnc2)c1)c1cccnc1. The molecule has 3 rings (SSSR count). The zero-order chi connectivity index (χ0) is 16.8. The van der Waals surface area contributed by atoms with Crippen LogP contribution in [-0.2, 0) is 0 Å². The Bertz CT molecular complexity index is 782. The van der Waals surface area contributed by atoms with Crippen LogP contribution in [0.25, 0.3) is 0 Å². The number of rotatable bonds is 4. The van der Waals surface area contributed by atoms with Crippen molar-refractivity contribution in [3.8, 4) is 11.5 Å². The molecule has 6 heteroatoms. The first kappa shape index (κ1) is 15.4. The number of esters is 2. The Morgan fingerprint density at radius 1 is 0.708 bits per heavy atom. The average Bonchev–Trinajstić information content (AvgIpc) is 2.63. The van der Waals surface area contributed by atoms with Crippen LogP contribution in [-0.4, -0.2) is 21.9 Å². The summed E-state index contributed by atoms with van der Waals surface area (Å²) in [4.78, 5) is 31.7. The van der Waals surface area contributed by atoms with Crippen molar-refractivity contribution in [1.29, 1.82) is 0 Å². The number of hydrogen-bond acceptors (Lipinski definition) is 6. The Morgan fingerprint density at radius 2 is 1.21 bits per heavy atom. The number of ether oxygens (including phenoxy) is 2. The highest BCUT2D eigenvalue weighted by molar-refractivity contribution is 5.91. The summed E-state index contributed by atoms with van der Waals surface area (Å²) >= 11 is 0. The highest BCUT2D eigenvalue weighted by Crippen LogP contribution is 2.21. The fourth-order valence-electron chi connectivity index (χ4n) is 1.90. The van der Waals surface area contributed by atoms with Gasteiger partial charge in [-0.15, -0.1) is 0 Å². The van der Waals surface area contributed by atoms with E-state index in [9.17, 15) is 9.59 Å². The van der Waals surface area contributed by atoms with E-state index in [0.717, 1.165) is 0 Å². The van der Waals surface area contributed by atoms with Crippen LogP contribution in [0.2, 0.25) is 0 Å². The monoisotopic (exact) mass is 320 g/mol. The Kier molecular flexibility index (Phi) is 4.57. The van der Waals surface area contributed by atoms with Crippen LogP contribution in [0, 0.1) is 0 Å². The van der Waals surface area contributed by atoms with Crippen molar-refractivity contribution in [2.24, 2.45) is 0 Å². The third kappa shape index (κ3) is 3.80. The van der Waals surface area contributed by atoms with Crippen molar-refractivity contribution in [3.63, 3.8) is 0 Å². The van der Waals surface area contributed by atoms with Gasteiger partial charge in [-0.05, 0) is 36.4 Å². The second-order valence-corrected chi connectivity index (χ2v) is 4.74. The van der Waals surface area contributed by atoms with Gasteiger partial charge in [-0.3, -0.25) is 9.97 Å². The highest BCUT2D eigenvalue weighted by Gasteiger charge is 2.11. The Balaban J connectivity index is 1.70. The second kappa shape index (κ2) is 7.15. The summed E-state index contributed by atoms with van der Waals surface area (Å²) in [7, 11) is 0. The fourth-order valence-corrected chi connectivity index (χ4v) is 1.90. The topological polar surface area (TPSA) is 78.4 Å². The quantitative estimate of drug-likeness (QED) is 0.543. The predicted molar refractivity (Wildman–Crippen MR) is 84.8 cm³/mol. The molecule has 0 bridgehead atoms. The first-order chi connectivity index (χ1) is 11.7. The van der Waals surface area contributed by atoms with Crippen LogP contribution in [0.15, 0.2) is 73.3 Å². The molecule has 1 aromatic carbocycles. The normalized spacial score (nSPS) is 10.0. The minimum Gasteiger partial charge on any atom is -0.423 e. The molecule has 0 unspecified atom stereocenters. The first-order valence-corrected chi connectivity index (χ1v) is 7.07. The smallest absolute Gasteiger partial charge is 0.345 e. The van der Waals surface area contributed by atoms with Gasteiger partial charge in [0.1, 0.15) is 11.5 Å². The lowest BCUT2D eigenvalue weighted by Crippen LogP contribution is -2.10. The van der Waals surface area contributed by atoms with Gasteiger partial charge >= 0.3 is 11.9 Å². The van der Waals surface area contributed by atoms with Crippen LogP contribution in [0.1, 0.15) is 20.7 Å². The number of pyridine rings is 2. The lowest BCUT2D eigenvalue weighted by Gasteiger charge is -2.07. The molecule has 0 spiro atoms. The van der Waals surface area contributed by atoms with Crippen LogP contribution >= 0.6 is 0 Å². The van der Waals surface area contributed by atoms with E-state index in [1.807, 2.05) is 0 Å². The number of hydrogen-bond donors (Lipinski definition) is 0. The molecule has 0 aliphatic carbocycles. The first-order valence-electron chi connectivity index (χ1n) is 7.07. The third-order valence-electron chi connectivity index (χ3n) is 3.02. The van der Waals surface area contributed by atoms with Gasteiger partial charge in [-0.2, -0.15) is 0 Å². The Hall–Kier alpha value is -3.54. The lowest BCUT2D eigenvalue weighted by atomic mass is 10.3. The van der Waals surface area contributed by atoms with Gasteiger partial charge < -0.3 is 9.47 Å². The molecule has 0 amide bonds. The molecule has 0 atom stereocenters. The maximum absolute atomic E-state index is 12.0. The lowest BCUT2D eigenvalue weighted by molar-refractivity contribution is 0.0732. The van der Waals surface area contributed by atoms with E-state index >= 15 is 0 Å². The van der Waals surface area contributed by atoms with Crippen molar-refractivity contribution >= 4 is 11.9 Å². The minimum atomic E-state index is -0.543. The molecule has 0 aliphatic heterocycles. The molecule has 24 heavy (non-hydrogen) atoms. The van der Waals surface area contributed by atoms with Crippen LogP contribution in [0.5, 0.6) is 11.5 Å². The summed E-state index contributed by atoms with van der Waals surface area (Å²) in [6, 6.07) is 12.8. The zero-order valence-electron chi connectivity index (χ0n) is 12.5. The molecule has 6 nitrogen and oxygen atoms in total. The molecule has 3 aromatic rings. The largest absolute Gasteiger partial charge is 0.423 e. The number of carbonyl (C=O) groups is 2. The molecular weight excluding hydrogens is 308 g/mol. The maximum atomic E-state index is 12.0. The van der Waals surface area contributed by atoms with Gasteiger partial charge in [-0.1, -0.05) is 6.07 Å². The van der Waals surface area contributed by atoms with Crippen LogP contribution in [0.4, 0.5) is 0 Å². The molecule has 0 radical (unpaired) electrons. The van der Waals surface area contributed by atoms with Crippen molar-refractivity contribution in [3.05, 3.63) is 84.4 Å². The predicted octanol–water partition coefficient (Wildman–Crippen LogP) is 2.92. The molecule has 2 heterocycles. The van der Waals surface area contributed by atoms with Crippen molar-refractivity contribution in [2.75, 3.05) is 0 Å². The van der Waals surface area contributed by atoms with E-state index in [4.69, 9.17) is 9.47 Å². The summed E-state index contributed by atoms with van der Waals surface area (Å²) in [5, 5.41) is 0. The van der Waals surface area contributed by atoms with Gasteiger partial charge in [0, 0.05) is 30.9 Å². The minimum absolute atomic E-state index is 0.264. The summed E-state index contributed by atoms with van der Waals surface area (Å²) in [5.74, 6) is -0.557. The number of carbonyl (C=O) groups excluding carboxylic acids is 2. The van der Waals surface area contributed by atoms with Crippen LogP contribution in [0.3, 0.4) is 0 Å². The van der Waals surface area contributed by atoms with Gasteiger partial charge in [0.15, 0.2) is 0 Å². The molecular formula is C18H12N2O4. The maximum Gasteiger partial charge on any atom is 0.345 e. The molecule has 0 saturated carbocycles. The molecule has 0 N–H and O–H groups in total. The van der Waals surface area contributed by atoms with Gasteiger partial charge in [0.2, 0.25) is 0 Å². The van der Waals surface area contributed by atoms with E-state index < -0.39 is 11.9 Å². The summed E-state index contributed by atoms with van der Waals surface area (Å²) < 4.78 is 10.5. The highest BCUT2D eigenvalue weighted by atomic mass is 16.5. The summed E-state index contributed by atoms with van der Waals surface area (Å²) in [6.45, 7) is 0. The third-order valence-corrected chi connectivity index (χ3v) is 3.02. The van der Waals surface area contributed by atoms with E-state index in [-0.39, 0.29) is 11.5 Å². The van der Waals surface area contributed by atoms with E-state index in [1.165, 1.54) is 18.5 Å². The molecule has 0 fully saturated rings. The van der Waals surface area contributed by atoms with E-state index in [2.05, 4.69) is 9.97 Å². The molecule has 0 saturated heterocycles. The van der Waals surface area contributed by atoms with Crippen LogP contribution < -0.4 is 9.47 Å². The molecule has 118 valence electrons. The van der Waals surface area contributed by atoms with Gasteiger partial charge in [0.25, 0.3) is 0 Å². The summed E-state index contributed by atoms with van der Waals surface area (Å²) in [5.41, 5.74) is 0.658. The number of nitrogens with zero attached hydrogens (tertiary/aromatic N) is 2. The number of benzene rings is 1. The van der Waals surface area contributed by atoms with E-state index in [0.29, 0.717) is 11.1 Å². The van der Waals surface area contributed by atoms with Crippen molar-refractivity contribution in [2.45, 2.75) is 0 Å². The molecule has 0 aliphatic rings. The van der Waals surface area contributed by atoms with Crippen molar-refractivity contribution in [1.82, 2.24) is 9.97 Å². The Labute approximate surface area is 137 Å². The van der Waals surface area contributed by atoms with Gasteiger partial charge in [0.05, 0.1) is 11.1 Å². The van der Waals surface area contributed by atoms with Crippen molar-refractivity contribution < 1.29 is 19.1 Å². The Morgan fingerprint density at radius 3 is 1.62 bits per heavy atom. The zero-order valence-corrected chi connectivity index (χ0v) is 12.5. The fraction of sp³-hybridized carbons (Fsp3) is 0. The standard InChI is InChI=1S/C18H12N2O4/c21-17(13-4-2-8-19-11-13)23-15-6-1-7-16(10-15)24-18(22)14-5-3-9-20-12-14/h1-12H. The summed E-state index contributed by atoms with van der Waals surface area (Å²) in [6.07, 6.45) is 5.95. The average molecular weight is 320 g/mol. The second-order valence-electron chi connectivity index (χ2n) is 4.74.